The molecule has 8 nitrogen and oxygen atoms in total. The Balaban J connectivity index is 1.54. The molecule has 2 atom stereocenters. The molecular formula is C15H17N5O3P+. The van der Waals surface area contributed by atoms with E-state index in [-0.39, 0.29) is 12.5 Å². The Morgan fingerprint density at radius 3 is 2.83 bits per heavy atom. The number of para-hydroxylation sites is 1. The summed E-state index contributed by atoms with van der Waals surface area (Å²) < 4.78 is 24.7. The van der Waals surface area contributed by atoms with Crippen molar-refractivity contribution in [3.05, 3.63) is 43.0 Å². The molecule has 3 rings (SSSR count). The molecular weight excluding hydrogens is 329 g/mol. The lowest BCUT2D eigenvalue weighted by Crippen LogP contribution is -2.16. The van der Waals surface area contributed by atoms with E-state index in [0.717, 1.165) is 0 Å². The summed E-state index contributed by atoms with van der Waals surface area (Å²) in [5.74, 6) is 0.898. The van der Waals surface area contributed by atoms with Crippen LogP contribution in [0.1, 0.15) is 6.92 Å². The van der Waals surface area contributed by atoms with Gasteiger partial charge in [0.15, 0.2) is 17.2 Å². The van der Waals surface area contributed by atoms with Gasteiger partial charge >= 0.3 is 8.03 Å². The first-order chi connectivity index (χ1) is 11.6. The smallest absolute Gasteiger partial charge is 0.382 e. The van der Waals surface area contributed by atoms with E-state index in [1.807, 2.05) is 29.7 Å². The average Bonchev–Trinajstić information content (AvgIpc) is 2.98. The summed E-state index contributed by atoms with van der Waals surface area (Å²) in [6.07, 6.45) is 2.84. The Bertz CT molecular complexity index is 840. The van der Waals surface area contributed by atoms with Crippen molar-refractivity contribution in [1.29, 1.82) is 0 Å². The minimum atomic E-state index is -1.93. The standard InChI is InChI=1S/C15H17N5O3P/c1-11(22-10-24(21)23-12-5-3-2-4-6-12)7-20-9-19-13-14(16)17-8-18-15(13)20/h2-6,8-9,11H,7,10H2,1H3,(H2,16,17,18)/q+1/t11-/m1/s1. The summed E-state index contributed by atoms with van der Waals surface area (Å²) in [6, 6.07) is 9.00. The highest BCUT2D eigenvalue weighted by atomic mass is 31.1. The summed E-state index contributed by atoms with van der Waals surface area (Å²) in [6.45, 7) is 2.38. The first kappa shape index (κ1) is 16.3. The second-order valence-electron chi connectivity index (χ2n) is 5.17. The number of hydrogen-bond acceptors (Lipinski definition) is 7. The molecule has 0 aliphatic rings. The summed E-state index contributed by atoms with van der Waals surface area (Å²) in [7, 11) is -1.93. The monoisotopic (exact) mass is 346 g/mol. The molecule has 0 spiro atoms. The van der Waals surface area contributed by atoms with Gasteiger partial charge in [0.25, 0.3) is 6.35 Å². The van der Waals surface area contributed by atoms with Crippen LogP contribution in [0.3, 0.4) is 0 Å². The van der Waals surface area contributed by atoms with Crippen molar-refractivity contribution in [1.82, 2.24) is 19.5 Å². The van der Waals surface area contributed by atoms with Gasteiger partial charge in [0.05, 0.1) is 19.0 Å². The number of fused-ring (bicyclic) bond motifs is 1. The van der Waals surface area contributed by atoms with Gasteiger partial charge in [0, 0.05) is 0 Å². The van der Waals surface area contributed by atoms with Crippen LogP contribution in [-0.4, -0.2) is 32.0 Å². The number of nitrogens with two attached hydrogens (primary N) is 1. The van der Waals surface area contributed by atoms with Gasteiger partial charge in [-0.15, -0.1) is 0 Å². The summed E-state index contributed by atoms with van der Waals surface area (Å²) >= 11 is 0. The highest BCUT2D eigenvalue weighted by Crippen LogP contribution is 2.27. The minimum Gasteiger partial charge on any atom is -0.382 e. The molecule has 3 aromatic rings. The van der Waals surface area contributed by atoms with Crippen molar-refractivity contribution in [2.45, 2.75) is 19.6 Å². The van der Waals surface area contributed by atoms with E-state index in [1.165, 1.54) is 6.33 Å². The summed E-state index contributed by atoms with van der Waals surface area (Å²) in [5, 5.41) is 0. The van der Waals surface area contributed by atoms with Gasteiger partial charge in [0.1, 0.15) is 11.8 Å². The molecule has 2 N–H and O–H groups in total. The molecule has 0 saturated heterocycles. The zero-order chi connectivity index (χ0) is 16.9. The summed E-state index contributed by atoms with van der Waals surface area (Å²) in [4.78, 5) is 12.3. The number of hydrogen-bond donors (Lipinski definition) is 1. The van der Waals surface area contributed by atoms with E-state index in [4.69, 9.17) is 15.0 Å². The molecule has 124 valence electrons. The van der Waals surface area contributed by atoms with Gasteiger partial charge in [-0.1, -0.05) is 18.2 Å². The molecule has 24 heavy (non-hydrogen) atoms. The zero-order valence-corrected chi connectivity index (χ0v) is 14.0. The molecule has 9 heteroatoms. The minimum absolute atomic E-state index is 0.00907. The van der Waals surface area contributed by atoms with Crippen molar-refractivity contribution >= 4 is 25.0 Å². The van der Waals surface area contributed by atoms with E-state index >= 15 is 0 Å². The van der Waals surface area contributed by atoms with Crippen LogP contribution >= 0.6 is 8.03 Å². The first-order valence-electron chi connectivity index (χ1n) is 7.34. The maximum Gasteiger partial charge on any atom is 0.585 e. The fraction of sp³-hybridized carbons (Fsp3) is 0.267. The molecule has 0 bridgehead atoms. The van der Waals surface area contributed by atoms with Crippen LogP contribution in [0.15, 0.2) is 43.0 Å². The SMILES string of the molecule is C[C@H](Cn1cnc2c(N)ncnc21)OC[P+](=O)Oc1ccccc1. The van der Waals surface area contributed by atoms with Crippen molar-refractivity contribution in [2.24, 2.45) is 0 Å². The number of nitrogen functional groups attached to an aromatic ring is 1. The maximum absolute atomic E-state index is 11.9. The lowest BCUT2D eigenvalue weighted by atomic mass is 10.3. The van der Waals surface area contributed by atoms with Crippen LogP contribution in [0, 0.1) is 0 Å². The Labute approximate surface area is 139 Å². The van der Waals surface area contributed by atoms with Crippen LogP contribution in [0.4, 0.5) is 5.82 Å². The number of rotatable bonds is 7. The molecule has 0 aliphatic heterocycles. The fourth-order valence-electron chi connectivity index (χ4n) is 2.18. The number of anilines is 1. The Kier molecular flexibility index (Phi) is 4.98. The summed E-state index contributed by atoms with van der Waals surface area (Å²) in [5.41, 5.74) is 6.96. The van der Waals surface area contributed by atoms with Crippen molar-refractivity contribution in [2.75, 3.05) is 12.1 Å². The highest BCUT2D eigenvalue weighted by Gasteiger charge is 2.21. The molecule has 0 radical (unpaired) electrons. The lowest BCUT2D eigenvalue weighted by molar-refractivity contribution is 0.0852. The second kappa shape index (κ2) is 7.33. The molecule has 1 unspecified atom stereocenters. The van der Waals surface area contributed by atoms with Crippen molar-refractivity contribution < 1.29 is 13.8 Å². The van der Waals surface area contributed by atoms with Gasteiger partial charge in [-0.3, -0.25) is 4.52 Å². The predicted octanol–water partition coefficient (Wildman–Crippen LogP) is 2.59. The Hall–Kier alpha value is -2.57. The number of imidazole rings is 1. The molecule has 1 aromatic carbocycles. The van der Waals surface area contributed by atoms with Gasteiger partial charge in [-0.2, -0.15) is 0 Å². The van der Waals surface area contributed by atoms with Gasteiger partial charge in [-0.25, -0.2) is 15.0 Å². The molecule has 0 aliphatic carbocycles. The molecule has 2 aromatic heterocycles. The highest BCUT2D eigenvalue weighted by molar-refractivity contribution is 7.39. The fourth-order valence-corrected chi connectivity index (χ4v) is 2.96. The second-order valence-corrected chi connectivity index (χ2v) is 6.28. The van der Waals surface area contributed by atoms with Crippen LogP contribution < -0.4 is 10.3 Å². The average molecular weight is 346 g/mol. The quantitative estimate of drug-likeness (QED) is 0.655. The van der Waals surface area contributed by atoms with E-state index in [2.05, 4.69) is 15.0 Å². The van der Waals surface area contributed by atoms with Crippen LogP contribution in [-0.2, 0) is 15.8 Å². The molecule has 2 heterocycles. The molecule has 0 fully saturated rings. The third-order valence-corrected chi connectivity index (χ3v) is 4.07. The van der Waals surface area contributed by atoms with E-state index < -0.39 is 8.03 Å². The Morgan fingerprint density at radius 2 is 2.04 bits per heavy atom. The lowest BCUT2D eigenvalue weighted by Gasteiger charge is -2.10. The van der Waals surface area contributed by atoms with Gasteiger partial charge < -0.3 is 15.0 Å². The third-order valence-electron chi connectivity index (χ3n) is 3.30. The maximum atomic E-state index is 11.9. The number of benzene rings is 1. The topological polar surface area (TPSA) is 105 Å². The van der Waals surface area contributed by atoms with Crippen LogP contribution in [0.2, 0.25) is 0 Å². The van der Waals surface area contributed by atoms with E-state index in [0.29, 0.717) is 29.3 Å². The third kappa shape index (κ3) is 3.84. The van der Waals surface area contributed by atoms with Gasteiger partial charge in [0.2, 0.25) is 0 Å². The van der Waals surface area contributed by atoms with Gasteiger partial charge in [-0.05, 0) is 23.6 Å². The molecule has 0 saturated carbocycles. The number of aromatic nitrogens is 4. The molecule has 0 amide bonds. The first-order valence-corrected chi connectivity index (χ1v) is 8.70. The van der Waals surface area contributed by atoms with E-state index in [9.17, 15) is 4.57 Å². The number of nitrogens with zero attached hydrogens (tertiary/aromatic N) is 4. The van der Waals surface area contributed by atoms with E-state index in [1.54, 1.807) is 18.5 Å². The van der Waals surface area contributed by atoms with Crippen molar-refractivity contribution in [3.8, 4) is 5.75 Å². The normalized spacial score (nSPS) is 13.0. The van der Waals surface area contributed by atoms with Crippen LogP contribution in [0.5, 0.6) is 5.75 Å². The van der Waals surface area contributed by atoms with Crippen molar-refractivity contribution in [3.63, 3.8) is 0 Å². The van der Waals surface area contributed by atoms with Crippen LogP contribution in [0.25, 0.3) is 11.2 Å². The zero-order valence-electron chi connectivity index (χ0n) is 13.1. The largest absolute Gasteiger partial charge is 0.585 e. The Morgan fingerprint density at radius 1 is 1.25 bits per heavy atom. The number of ether oxygens (including phenoxy) is 1. The predicted molar refractivity (Wildman–Crippen MR) is 89.8 cm³/mol.